The molecule has 1 aliphatic rings. The molecule has 2 atom stereocenters. The molecule has 0 radical (unpaired) electrons. The highest BCUT2D eigenvalue weighted by atomic mass is 16.6. The van der Waals surface area contributed by atoms with E-state index in [1.807, 2.05) is 20.8 Å². The van der Waals surface area contributed by atoms with Crippen LogP contribution in [0.15, 0.2) is 0 Å². The molecule has 19 heavy (non-hydrogen) atoms. The first-order valence-corrected chi connectivity index (χ1v) is 7.18. The van der Waals surface area contributed by atoms with Gasteiger partial charge in [-0.15, -0.1) is 0 Å². The van der Waals surface area contributed by atoms with Gasteiger partial charge in [0.05, 0.1) is 6.61 Å². The molecule has 1 saturated heterocycles. The topological polar surface area (TPSA) is 59.6 Å². The fourth-order valence-corrected chi connectivity index (χ4v) is 1.98. The number of carbonyl (C=O) groups excluding carboxylic acids is 1. The minimum atomic E-state index is -0.447. The monoisotopic (exact) mass is 272 g/mol. The van der Waals surface area contributed by atoms with Crippen LogP contribution in [0.3, 0.4) is 0 Å². The Labute approximate surface area is 116 Å². The van der Waals surface area contributed by atoms with Crippen LogP contribution in [0, 0.1) is 5.92 Å². The zero-order valence-corrected chi connectivity index (χ0v) is 12.6. The summed E-state index contributed by atoms with van der Waals surface area (Å²) in [4.78, 5) is 11.7. The van der Waals surface area contributed by atoms with E-state index < -0.39 is 5.60 Å². The van der Waals surface area contributed by atoms with Crippen molar-refractivity contribution < 1.29 is 14.3 Å². The van der Waals surface area contributed by atoms with Crippen molar-refractivity contribution in [1.82, 2.24) is 10.6 Å². The molecular formula is C14H28N2O3. The summed E-state index contributed by atoms with van der Waals surface area (Å²) in [7, 11) is 0. The molecule has 1 heterocycles. The van der Waals surface area contributed by atoms with E-state index in [1.165, 1.54) is 0 Å². The molecule has 0 spiro atoms. The number of hydrogen-bond acceptors (Lipinski definition) is 4. The van der Waals surface area contributed by atoms with Gasteiger partial charge in [0, 0.05) is 25.7 Å². The molecule has 0 aromatic rings. The summed E-state index contributed by atoms with van der Waals surface area (Å²) in [6.07, 6.45) is 1.67. The normalized spacial score (nSPS) is 21.2. The van der Waals surface area contributed by atoms with Crippen molar-refractivity contribution in [2.45, 2.75) is 52.2 Å². The molecule has 2 unspecified atom stereocenters. The standard InChI is InChI=1S/C14H28N2O3/c1-5-12(16-13(17)19-14(2,3)4)9-15-8-11-6-7-18-10-11/h11-12,15H,5-10H2,1-4H3,(H,16,17). The third-order valence-electron chi connectivity index (χ3n) is 3.06. The lowest BCUT2D eigenvalue weighted by Gasteiger charge is -2.23. The lowest BCUT2D eigenvalue weighted by Crippen LogP contribution is -2.44. The highest BCUT2D eigenvalue weighted by Crippen LogP contribution is 2.10. The maximum absolute atomic E-state index is 11.7. The number of nitrogens with one attached hydrogen (secondary N) is 2. The zero-order valence-electron chi connectivity index (χ0n) is 12.6. The predicted octanol–water partition coefficient (Wildman–Crippen LogP) is 1.92. The van der Waals surface area contributed by atoms with E-state index in [9.17, 15) is 4.79 Å². The van der Waals surface area contributed by atoms with Crippen molar-refractivity contribution >= 4 is 6.09 Å². The van der Waals surface area contributed by atoms with Gasteiger partial charge in [-0.2, -0.15) is 0 Å². The van der Waals surface area contributed by atoms with Gasteiger partial charge in [0.1, 0.15) is 5.60 Å². The quantitative estimate of drug-likeness (QED) is 0.775. The van der Waals surface area contributed by atoms with Gasteiger partial charge in [-0.1, -0.05) is 6.92 Å². The first kappa shape index (κ1) is 16.2. The number of amides is 1. The van der Waals surface area contributed by atoms with Crippen molar-refractivity contribution in [2.24, 2.45) is 5.92 Å². The first-order valence-electron chi connectivity index (χ1n) is 7.18. The maximum Gasteiger partial charge on any atom is 0.407 e. The van der Waals surface area contributed by atoms with Crippen LogP contribution >= 0.6 is 0 Å². The van der Waals surface area contributed by atoms with Gasteiger partial charge in [0.15, 0.2) is 0 Å². The second-order valence-electron chi connectivity index (χ2n) is 6.14. The summed E-state index contributed by atoms with van der Waals surface area (Å²) in [6, 6.07) is 0.108. The molecule has 1 aliphatic heterocycles. The van der Waals surface area contributed by atoms with Gasteiger partial charge in [0.2, 0.25) is 0 Å². The molecule has 0 aliphatic carbocycles. The zero-order chi connectivity index (χ0) is 14.3. The molecule has 0 bridgehead atoms. The van der Waals surface area contributed by atoms with Crippen LogP contribution in [-0.4, -0.2) is 44.0 Å². The van der Waals surface area contributed by atoms with Crippen LogP contribution in [0.25, 0.3) is 0 Å². The number of hydrogen-bond donors (Lipinski definition) is 2. The van der Waals surface area contributed by atoms with Crippen LogP contribution in [0.4, 0.5) is 4.79 Å². The molecule has 1 fully saturated rings. The average molecular weight is 272 g/mol. The Morgan fingerprint density at radius 1 is 1.47 bits per heavy atom. The Bertz CT molecular complexity index is 270. The Morgan fingerprint density at radius 3 is 2.74 bits per heavy atom. The summed E-state index contributed by atoms with van der Waals surface area (Å²) in [5.74, 6) is 0.610. The summed E-state index contributed by atoms with van der Waals surface area (Å²) in [5.41, 5.74) is -0.447. The second kappa shape index (κ2) is 7.70. The maximum atomic E-state index is 11.7. The van der Waals surface area contributed by atoms with Crippen LogP contribution in [0.5, 0.6) is 0 Å². The second-order valence-corrected chi connectivity index (χ2v) is 6.14. The van der Waals surface area contributed by atoms with E-state index in [2.05, 4.69) is 17.6 Å². The van der Waals surface area contributed by atoms with E-state index in [1.54, 1.807) is 0 Å². The molecule has 112 valence electrons. The summed E-state index contributed by atoms with van der Waals surface area (Å²) in [6.45, 7) is 11.1. The van der Waals surface area contributed by atoms with Crippen molar-refractivity contribution in [3.8, 4) is 0 Å². The van der Waals surface area contributed by atoms with E-state index in [0.29, 0.717) is 5.92 Å². The number of alkyl carbamates (subject to hydrolysis) is 1. The minimum Gasteiger partial charge on any atom is -0.444 e. The Hall–Kier alpha value is -0.810. The van der Waals surface area contributed by atoms with Crippen LogP contribution in [-0.2, 0) is 9.47 Å². The molecule has 5 nitrogen and oxygen atoms in total. The average Bonchev–Trinajstić information content (AvgIpc) is 2.78. The summed E-state index contributed by atoms with van der Waals surface area (Å²) in [5, 5.41) is 6.29. The van der Waals surface area contributed by atoms with E-state index in [-0.39, 0.29) is 12.1 Å². The number of rotatable bonds is 6. The summed E-state index contributed by atoms with van der Waals surface area (Å²) >= 11 is 0. The minimum absolute atomic E-state index is 0.108. The Kier molecular flexibility index (Phi) is 6.58. The van der Waals surface area contributed by atoms with Gasteiger partial charge in [-0.25, -0.2) is 4.79 Å². The molecule has 1 amide bonds. The highest BCUT2D eigenvalue weighted by molar-refractivity contribution is 5.68. The van der Waals surface area contributed by atoms with Crippen molar-refractivity contribution in [2.75, 3.05) is 26.3 Å². The molecule has 0 aromatic heterocycles. The third-order valence-corrected chi connectivity index (χ3v) is 3.06. The van der Waals surface area contributed by atoms with Gasteiger partial charge < -0.3 is 20.1 Å². The van der Waals surface area contributed by atoms with Crippen LogP contribution in [0.1, 0.15) is 40.5 Å². The van der Waals surface area contributed by atoms with Gasteiger partial charge in [-0.05, 0) is 39.5 Å². The summed E-state index contributed by atoms with van der Waals surface area (Å²) < 4.78 is 10.6. The van der Waals surface area contributed by atoms with Crippen LogP contribution in [0.2, 0.25) is 0 Å². The lowest BCUT2D eigenvalue weighted by molar-refractivity contribution is 0.0502. The predicted molar refractivity (Wildman–Crippen MR) is 75.2 cm³/mol. The number of ether oxygens (including phenoxy) is 2. The number of carbonyl (C=O) groups is 1. The molecule has 5 heteroatoms. The lowest BCUT2D eigenvalue weighted by atomic mass is 10.1. The van der Waals surface area contributed by atoms with Crippen LogP contribution < -0.4 is 10.6 Å². The first-order chi connectivity index (χ1) is 8.90. The molecule has 1 rings (SSSR count). The Morgan fingerprint density at radius 2 is 2.21 bits per heavy atom. The SMILES string of the molecule is CCC(CNCC1CCOC1)NC(=O)OC(C)(C)C. The van der Waals surface area contributed by atoms with Gasteiger partial charge in [0.25, 0.3) is 0 Å². The molecule has 0 saturated carbocycles. The largest absolute Gasteiger partial charge is 0.444 e. The van der Waals surface area contributed by atoms with E-state index in [0.717, 1.165) is 39.1 Å². The van der Waals surface area contributed by atoms with E-state index >= 15 is 0 Å². The fourth-order valence-electron chi connectivity index (χ4n) is 1.98. The van der Waals surface area contributed by atoms with Crippen molar-refractivity contribution in [3.63, 3.8) is 0 Å². The highest BCUT2D eigenvalue weighted by Gasteiger charge is 2.19. The van der Waals surface area contributed by atoms with Gasteiger partial charge >= 0.3 is 6.09 Å². The van der Waals surface area contributed by atoms with E-state index in [4.69, 9.17) is 9.47 Å². The fraction of sp³-hybridized carbons (Fsp3) is 0.929. The van der Waals surface area contributed by atoms with Crippen molar-refractivity contribution in [1.29, 1.82) is 0 Å². The molecular weight excluding hydrogens is 244 g/mol. The molecule has 0 aromatic carbocycles. The van der Waals surface area contributed by atoms with Crippen molar-refractivity contribution in [3.05, 3.63) is 0 Å². The Balaban J connectivity index is 2.19. The third kappa shape index (κ3) is 7.38. The smallest absolute Gasteiger partial charge is 0.407 e. The molecule has 2 N–H and O–H groups in total. The van der Waals surface area contributed by atoms with Gasteiger partial charge in [-0.3, -0.25) is 0 Å².